The van der Waals surface area contributed by atoms with Crippen molar-refractivity contribution in [2.75, 3.05) is 14.2 Å². The summed E-state index contributed by atoms with van der Waals surface area (Å²) >= 11 is 5.96. The first-order valence-electron chi connectivity index (χ1n) is 5.67. The van der Waals surface area contributed by atoms with Crippen LogP contribution >= 0.6 is 11.6 Å². The summed E-state index contributed by atoms with van der Waals surface area (Å²) in [6.07, 6.45) is 0.628. The SMILES string of the molecule is COc1ccc(Cl)cc1C(O)c1ncccc1OC. The summed E-state index contributed by atoms with van der Waals surface area (Å²) in [4.78, 5) is 4.16. The fourth-order valence-corrected chi connectivity index (χ4v) is 2.03. The molecule has 1 atom stereocenters. The van der Waals surface area contributed by atoms with E-state index >= 15 is 0 Å². The lowest BCUT2D eigenvalue weighted by atomic mass is 10.0. The van der Waals surface area contributed by atoms with Crippen LogP contribution in [0.4, 0.5) is 0 Å². The molecular formula is C14H14ClNO3. The maximum absolute atomic E-state index is 10.5. The van der Waals surface area contributed by atoms with Crippen LogP contribution in [-0.4, -0.2) is 24.3 Å². The van der Waals surface area contributed by atoms with Gasteiger partial charge in [-0.25, -0.2) is 0 Å². The van der Waals surface area contributed by atoms with Gasteiger partial charge in [0.1, 0.15) is 23.3 Å². The van der Waals surface area contributed by atoms with Gasteiger partial charge in [-0.05, 0) is 30.3 Å². The Morgan fingerprint density at radius 2 is 1.89 bits per heavy atom. The van der Waals surface area contributed by atoms with Crippen molar-refractivity contribution in [1.29, 1.82) is 0 Å². The van der Waals surface area contributed by atoms with Crippen LogP contribution in [0.1, 0.15) is 17.4 Å². The van der Waals surface area contributed by atoms with Crippen LogP contribution in [-0.2, 0) is 0 Å². The van der Waals surface area contributed by atoms with Crippen LogP contribution < -0.4 is 9.47 Å². The van der Waals surface area contributed by atoms with Gasteiger partial charge in [-0.15, -0.1) is 0 Å². The van der Waals surface area contributed by atoms with Crippen molar-refractivity contribution in [2.45, 2.75) is 6.10 Å². The maximum Gasteiger partial charge on any atom is 0.143 e. The summed E-state index contributed by atoms with van der Waals surface area (Å²) in [6, 6.07) is 8.54. The van der Waals surface area contributed by atoms with Crippen LogP contribution in [0.2, 0.25) is 5.02 Å². The predicted molar refractivity (Wildman–Crippen MR) is 72.9 cm³/mol. The summed E-state index contributed by atoms with van der Waals surface area (Å²) in [5.41, 5.74) is 0.970. The van der Waals surface area contributed by atoms with Crippen molar-refractivity contribution in [3.8, 4) is 11.5 Å². The van der Waals surface area contributed by atoms with Crippen molar-refractivity contribution in [3.63, 3.8) is 0 Å². The monoisotopic (exact) mass is 279 g/mol. The lowest BCUT2D eigenvalue weighted by molar-refractivity contribution is 0.204. The number of benzene rings is 1. The topological polar surface area (TPSA) is 51.6 Å². The molecule has 0 aliphatic carbocycles. The zero-order valence-corrected chi connectivity index (χ0v) is 11.4. The summed E-state index contributed by atoms with van der Waals surface area (Å²) < 4.78 is 10.4. The van der Waals surface area contributed by atoms with Crippen molar-refractivity contribution in [2.24, 2.45) is 0 Å². The molecule has 1 aromatic heterocycles. The Labute approximate surface area is 116 Å². The Hall–Kier alpha value is -1.78. The normalized spacial score (nSPS) is 12.0. The number of rotatable bonds is 4. The van der Waals surface area contributed by atoms with E-state index in [1.807, 2.05) is 0 Å². The van der Waals surface area contributed by atoms with Gasteiger partial charge < -0.3 is 14.6 Å². The van der Waals surface area contributed by atoms with Gasteiger partial charge in [-0.3, -0.25) is 4.98 Å². The van der Waals surface area contributed by atoms with Crippen LogP contribution in [0.15, 0.2) is 36.5 Å². The lowest BCUT2D eigenvalue weighted by Crippen LogP contribution is -2.06. The highest BCUT2D eigenvalue weighted by Crippen LogP contribution is 2.34. The number of pyridine rings is 1. The van der Waals surface area contributed by atoms with Crippen LogP contribution in [0.3, 0.4) is 0 Å². The smallest absolute Gasteiger partial charge is 0.143 e. The minimum absolute atomic E-state index is 0.422. The molecule has 2 rings (SSSR count). The van der Waals surface area contributed by atoms with Crippen molar-refractivity contribution in [1.82, 2.24) is 4.98 Å². The highest BCUT2D eigenvalue weighted by molar-refractivity contribution is 6.30. The quantitative estimate of drug-likeness (QED) is 0.935. The Kier molecular flexibility index (Phi) is 4.24. The van der Waals surface area contributed by atoms with Gasteiger partial charge in [0.05, 0.1) is 14.2 Å². The van der Waals surface area contributed by atoms with E-state index in [0.29, 0.717) is 27.8 Å². The molecule has 5 heteroatoms. The fraction of sp³-hybridized carbons (Fsp3) is 0.214. The van der Waals surface area contributed by atoms with Gasteiger partial charge in [0.25, 0.3) is 0 Å². The molecule has 19 heavy (non-hydrogen) atoms. The second-order valence-corrected chi connectivity index (χ2v) is 4.32. The predicted octanol–water partition coefficient (Wildman–Crippen LogP) is 2.83. The number of halogens is 1. The average Bonchev–Trinajstić information content (AvgIpc) is 2.46. The van der Waals surface area contributed by atoms with Gasteiger partial charge in [-0.2, -0.15) is 0 Å². The summed E-state index contributed by atoms with van der Waals surface area (Å²) in [6.45, 7) is 0. The third-order valence-corrected chi connectivity index (χ3v) is 3.00. The van der Waals surface area contributed by atoms with E-state index in [9.17, 15) is 5.11 Å². The van der Waals surface area contributed by atoms with Gasteiger partial charge in [0.15, 0.2) is 0 Å². The molecule has 0 aliphatic rings. The Bertz CT molecular complexity index is 574. The molecule has 1 unspecified atom stereocenters. The third-order valence-electron chi connectivity index (χ3n) is 2.76. The van der Waals surface area contributed by atoms with Gasteiger partial charge in [-0.1, -0.05) is 11.6 Å². The van der Waals surface area contributed by atoms with Gasteiger partial charge in [0.2, 0.25) is 0 Å². The van der Waals surface area contributed by atoms with Gasteiger partial charge >= 0.3 is 0 Å². The molecule has 1 heterocycles. The second kappa shape index (κ2) is 5.91. The number of aliphatic hydroxyl groups is 1. The number of hydrogen-bond donors (Lipinski definition) is 1. The molecule has 0 spiro atoms. The van der Waals surface area contributed by atoms with E-state index in [1.54, 1.807) is 36.5 Å². The summed E-state index contributed by atoms with van der Waals surface area (Å²) in [5.74, 6) is 1.06. The molecule has 1 aromatic carbocycles. The number of aliphatic hydroxyl groups excluding tert-OH is 1. The zero-order chi connectivity index (χ0) is 13.8. The first-order chi connectivity index (χ1) is 9.17. The minimum Gasteiger partial charge on any atom is -0.496 e. The van der Waals surface area contributed by atoms with E-state index in [4.69, 9.17) is 21.1 Å². The molecule has 0 radical (unpaired) electrons. The first-order valence-corrected chi connectivity index (χ1v) is 6.05. The molecule has 2 aromatic rings. The highest BCUT2D eigenvalue weighted by atomic mass is 35.5. The molecule has 0 amide bonds. The van der Waals surface area contributed by atoms with E-state index in [1.165, 1.54) is 14.2 Å². The van der Waals surface area contributed by atoms with Crippen LogP contribution in [0.5, 0.6) is 11.5 Å². The Balaban J connectivity index is 2.49. The number of nitrogens with zero attached hydrogens (tertiary/aromatic N) is 1. The third kappa shape index (κ3) is 2.80. The second-order valence-electron chi connectivity index (χ2n) is 3.88. The average molecular weight is 280 g/mol. The lowest BCUT2D eigenvalue weighted by Gasteiger charge is -2.16. The zero-order valence-electron chi connectivity index (χ0n) is 10.6. The molecule has 1 N–H and O–H groups in total. The molecule has 0 bridgehead atoms. The van der Waals surface area contributed by atoms with Crippen molar-refractivity contribution in [3.05, 3.63) is 52.8 Å². The van der Waals surface area contributed by atoms with Crippen molar-refractivity contribution < 1.29 is 14.6 Å². The van der Waals surface area contributed by atoms with E-state index in [2.05, 4.69) is 4.98 Å². The number of aromatic nitrogens is 1. The molecule has 0 aliphatic heterocycles. The molecular weight excluding hydrogens is 266 g/mol. The van der Waals surface area contributed by atoms with Crippen LogP contribution in [0.25, 0.3) is 0 Å². The summed E-state index contributed by atoms with van der Waals surface area (Å²) in [5, 5.41) is 11.0. The van der Waals surface area contributed by atoms with Crippen molar-refractivity contribution >= 4 is 11.6 Å². The molecule has 100 valence electrons. The number of methoxy groups -OCH3 is 2. The molecule has 4 nitrogen and oxygen atoms in total. The largest absolute Gasteiger partial charge is 0.496 e. The Morgan fingerprint density at radius 3 is 2.58 bits per heavy atom. The van der Waals surface area contributed by atoms with E-state index < -0.39 is 6.10 Å². The standard InChI is InChI=1S/C14H14ClNO3/c1-18-11-6-5-9(15)8-10(11)14(17)13-12(19-2)4-3-7-16-13/h3-8,14,17H,1-2H3. The summed E-state index contributed by atoms with van der Waals surface area (Å²) in [7, 11) is 3.07. The van der Waals surface area contributed by atoms with E-state index in [-0.39, 0.29) is 0 Å². The Morgan fingerprint density at radius 1 is 1.16 bits per heavy atom. The van der Waals surface area contributed by atoms with Gasteiger partial charge in [0, 0.05) is 16.8 Å². The molecule has 0 saturated heterocycles. The number of ether oxygens (including phenoxy) is 2. The van der Waals surface area contributed by atoms with Crippen LogP contribution in [0, 0.1) is 0 Å². The maximum atomic E-state index is 10.5. The fourth-order valence-electron chi connectivity index (χ4n) is 1.85. The first kappa shape index (κ1) is 13.6. The molecule has 0 saturated carbocycles. The molecule has 0 fully saturated rings. The minimum atomic E-state index is -0.968. The highest BCUT2D eigenvalue weighted by Gasteiger charge is 2.20. The van der Waals surface area contributed by atoms with E-state index in [0.717, 1.165) is 0 Å². The number of hydrogen-bond acceptors (Lipinski definition) is 4.